The molecule has 0 fully saturated rings. The molecule has 0 unspecified atom stereocenters. The molecule has 0 saturated heterocycles. The predicted octanol–water partition coefficient (Wildman–Crippen LogP) is 3.32. The molecule has 1 amide bonds. The smallest absolute Gasteiger partial charge is 0.251 e. The highest BCUT2D eigenvalue weighted by Gasteiger charge is 2.10. The van der Waals surface area contributed by atoms with E-state index >= 15 is 0 Å². The topological polar surface area (TPSA) is 74.8 Å². The van der Waals surface area contributed by atoms with E-state index in [1.165, 1.54) is 17.8 Å². The van der Waals surface area contributed by atoms with Gasteiger partial charge >= 0.3 is 0 Å². The van der Waals surface area contributed by atoms with Crippen LogP contribution in [-0.4, -0.2) is 21.6 Å². The Bertz CT molecular complexity index is 771. The number of amides is 1. The van der Waals surface area contributed by atoms with Crippen LogP contribution in [0.25, 0.3) is 0 Å². The predicted molar refractivity (Wildman–Crippen MR) is 98.8 cm³/mol. The van der Waals surface area contributed by atoms with Gasteiger partial charge in [-0.2, -0.15) is 0 Å². The van der Waals surface area contributed by atoms with Crippen LogP contribution in [0.2, 0.25) is 0 Å². The lowest BCUT2D eigenvalue weighted by Gasteiger charge is -2.12. The van der Waals surface area contributed by atoms with Crippen molar-refractivity contribution in [3.05, 3.63) is 51.4 Å². The molecule has 0 spiro atoms. The summed E-state index contributed by atoms with van der Waals surface area (Å²) in [4.78, 5) is 30.9. The number of hydrogen-bond donors (Lipinski definition) is 2. The molecule has 2 rings (SSSR count). The third-order valence-electron chi connectivity index (χ3n) is 3.62. The molecule has 0 saturated carbocycles. The molecule has 24 heavy (non-hydrogen) atoms. The van der Waals surface area contributed by atoms with Gasteiger partial charge in [-0.15, -0.1) is 0 Å². The summed E-state index contributed by atoms with van der Waals surface area (Å²) < 4.78 is 0. The molecular formula is C18H23N3O2S. The lowest BCUT2D eigenvalue weighted by molar-refractivity contribution is -0.113. The van der Waals surface area contributed by atoms with Crippen LogP contribution in [-0.2, 0) is 17.6 Å². The number of aromatic amines is 1. The average Bonchev–Trinajstić information content (AvgIpc) is 2.54. The zero-order chi connectivity index (χ0) is 17.5. The standard InChI is InChI=1S/C18H23N3O2S/c1-4-7-14-10-15(22)21-18(19-14)24-11-16(23)20-17-12(3)8-6-9-13(17)5-2/h6,8-10H,4-5,7,11H2,1-3H3,(H,20,23)(H,19,21,22). The maximum absolute atomic E-state index is 12.2. The van der Waals surface area contributed by atoms with Gasteiger partial charge in [0.1, 0.15) is 0 Å². The molecule has 6 heteroatoms. The van der Waals surface area contributed by atoms with Crippen molar-refractivity contribution in [2.45, 2.75) is 45.2 Å². The number of carbonyl (C=O) groups is 1. The Kier molecular flexibility index (Phi) is 6.61. The van der Waals surface area contributed by atoms with Crippen molar-refractivity contribution in [1.29, 1.82) is 0 Å². The van der Waals surface area contributed by atoms with Crippen LogP contribution in [0.3, 0.4) is 0 Å². The highest BCUT2D eigenvalue weighted by molar-refractivity contribution is 7.99. The van der Waals surface area contributed by atoms with Gasteiger partial charge in [-0.1, -0.05) is 50.2 Å². The Labute approximate surface area is 146 Å². The average molecular weight is 345 g/mol. The molecule has 2 aromatic rings. The number of thioether (sulfide) groups is 1. The van der Waals surface area contributed by atoms with E-state index in [1.54, 1.807) is 0 Å². The van der Waals surface area contributed by atoms with E-state index in [2.05, 4.69) is 22.2 Å². The number of H-pyrrole nitrogens is 1. The van der Waals surface area contributed by atoms with Gasteiger partial charge < -0.3 is 10.3 Å². The van der Waals surface area contributed by atoms with E-state index in [1.807, 2.05) is 32.0 Å². The van der Waals surface area contributed by atoms with E-state index in [-0.39, 0.29) is 17.2 Å². The lowest BCUT2D eigenvalue weighted by Crippen LogP contribution is -2.17. The van der Waals surface area contributed by atoms with Gasteiger partial charge in [0.05, 0.1) is 5.75 Å². The number of rotatable bonds is 7. The minimum absolute atomic E-state index is 0.104. The maximum atomic E-state index is 12.2. The summed E-state index contributed by atoms with van der Waals surface area (Å²) in [6.07, 6.45) is 2.54. The number of aromatic nitrogens is 2. The first-order valence-electron chi connectivity index (χ1n) is 8.14. The maximum Gasteiger partial charge on any atom is 0.251 e. The Morgan fingerprint density at radius 3 is 2.83 bits per heavy atom. The second-order valence-corrected chi connectivity index (χ2v) is 6.56. The van der Waals surface area contributed by atoms with Crippen LogP contribution in [0.4, 0.5) is 5.69 Å². The van der Waals surface area contributed by atoms with E-state index < -0.39 is 0 Å². The largest absolute Gasteiger partial charge is 0.325 e. The Hall–Kier alpha value is -2.08. The van der Waals surface area contributed by atoms with Crippen molar-refractivity contribution in [2.75, 3.05) is 11.1 Å². The van der Waals surface area contributed by atoms with E-state index in [4.69, 9.17) is 0 Å². The number of para-hydroxylation sites is 1. The molecule has 1 heterocycles. The van der Waals surface area contributed by atoms with Crippen molar-refractivity contribution >= 4 is 23.4 Å². The minimum atomic E-state index is -0.177. The van der Waals surface area contributed by atoms with Crippen LogP contribution in [0.15, 0.2) is 34.2 Å². The quantitative estimate of drug-likeness (QED) is 0.596. The monoisotopic (exact) mass is 345 g/mol. The fourth-order valence-corrected chi connectivity index (χ4v) is 3.14. The normalized spacial score (nSPS) is 10.6. The Morgan fingerprint density at radius 2 is 2.12 bits per heavy atom. The van der Waals surface area contributed by atoms with Crippen LogP contribution >= 0.6 is 11.8 Å². The van der Waals surface area contributed by atoms with Crippen molar-refractivity contribution in [3.63, 3.8) is 0 Å². The number of nitrogens with zero attached hydrogens (tertiary/aromatic N) is 1. The molecule has 128 valence electrons. The number of hydrogen-bond acceptors (Lipinski definition) is 4. The third-order valence-corrected chi connectivity index (χ3v) is 4.50. The molecule has 5 nitrogen and oxygen atoms in total. The van der Waals surface area contributed by atoms with Gasteiger partial charge in [0.25, 0.3) is 5.56 Å². The second-order valence-electron chi connectivity index (χ2n) is 5.59. The number of nitrogens with one attached hydrogen (secondary N) is 2. The van der Waals surface area contributed by atoms with Gasteiger partial charge in [-0.3, -0.25) is 9.59 Å². The third kappa shape index (κ3) is 4.96. The summed E-state index contributed by atoms with van der Waals surface area (Å²) >= 11 is 1.24. The lowest BCUT2D eigenvalue weighted by atomic mass is 10.1. The number of carbonyl (C=O) groups excluding carboxylic acids is 1. The van der Waals surface area contributed by atoms with Gasteiger partial charge in [0.15, 0.2) is 5.16 Å². The second kappa shape index (κ2) is 8.68. The van der Waals surface area contributed by atoms with Crippen molar-refractivity contribution in [1.82, 2.24) is 9.97 Å². The number of aryl methyl sites for hydroxylation is 3. The summed E-state index contributed by atoms with van der Waals surface area (Å²) in [5.74, 6) is 0.100. The number of anilines is 1. The summed E-state index contributed by atoms with van der Waals surface area (Å²) in [6.45, 7) is 6.08. The van der Waals surface area contributed by atoms with E-state index in [0.29, 0.717) is 5.16 Å². The van der Waals surface area contributed by atoms with Crippen LogP contribution in [0.1, 0.15) is 37.1 Å². The molecule has 0 bridgehead atoms. The summed E-state index contributed by atoms with van der Waals surface area (Å²) in [6, 6.07) is 7.50. The fraction of sp³-hybridized carbons (Fsp3) is 0.389. The van der Waals surface area contributed by atoms with Gasteiger partial charge in [-0.25, -0.2) is 4.98 Å². The Balaban J connectivity index is 2.03. The van der Waals surface area contributed by atoms with Gasteiger partial charge in [0, 0.05) is 17.4 Å². The molecule has 0 radical (unpaired) electrons. The fourth-order valence-electron chi connectivity index (χ4n) is 2.45. The summed E-state index contributed by atoms with van der Waals surface area (Å²) in [5.41, 5.74) is 3.63. The zero-order valence-corrected chi connectivity index (χ0v) is 15.1. The molecule has 0 aliphatic rings. The Morgan fingerprint density at radius 1 is 1.33 bits per heavy atom. The van der Waals surface area contributed by atoms with E-state index in [9.17, 15) is 9.59 Å². The van der Waals surface area contributed by atoms with Gasteiger partial charge in [0.2, 0.25) is 5.91 Å². The van der Waals surface area contributed by atoms with Crippen molar-refractivity contribution < 1.29 is 4.79 Å². The highest BCUT2D eigenvalue weighted by Crippen LogP contribution is 2.22. The first-order valence-corrected chi connectivity index (χ1v) is 9.13. The number of benzene rings is 1. The molecule has 1 aromatic carbocycles. The molecule has 0 aliphatic carbocycles. The van der Waals surface area contributed by atoms with Gasteiger partial charge in [-0.05, 0) is 30.9 Å². The summed E-state index contributed by atoms with van der Waals surface area (Å²) in [7, 11) is 0. The zero-order valence-electron chi connectivity index (χ0n) is 14.3. The minimum Gasteiger partial charge on any atom is -0.325 e. The van der Waals surface area contributed by atoms with E-state index in [0.717, 1.165) is 41.8 Å². The summed E-state index contributed by atoms with van der Waals surface area (Å²) in [5, 5.41) is 3.46. The molecule has 2 N–H and O–H groups in total. The van der Waals surface area contributed by atoms with Crippen molar-refractivity contribution in [3.8, 4) is 0 Å². The molecule has 0 aliphatic heterocycles. The van der Waals surface area contributed by atoms with Crippen LogP contribution < -0.4 is 10.9 Å². The van der Waals surface area contributed by atoms with Crippen LogP contribution in [0, 0.1) is 6.92 Å². The molecule has 1 aromatic heterocycles. The first kappa shape index (κ1) is 18.3. The molecule has 0 atom stereocenters. The first-order chi connectivity index (χ1) is 11.5. The molecular weight excluding hydrogens is 322 g/mol. The SMILES string of the molecule is CCCc1cc(=O)[nH]c(SCC(=O)Nc2c(C)cccc2CC)n1. The highest BCUT2D eigenvalue weighted by atomic mass is 32.2. The van der Waals surface area contributed by atoms with Crippen LogP contribution in [0.5, 0.6) is 0 Å². The van der Waals surface area contributed by atoms with Crippen molar-refractivity contribution in [2.24, 2.45) is 0 Å².